The number of pyridine rings is 1. The third-order valence-corrected chi connectivity index (χ3v) is 2.24. The Labute approximate surface area is 97.5 Å². The van der Waals surface area contributed by atoms with Crippen molar-refractivity contribution in [1.82, 2.24) is 14.8 Å². The van der Waals surface area contributed by atoms with E-state index in [4.69, 9.17) is 9.84 Å². The van der Waals surface area contributed by atoms with Crippen molar-refractivity contribution < 1.29 is 14.6 Å². The summed E-state index contributed by atoms with van der Waals surface area (Å²) in [5.74, 6) is -0.769. The first-order valence-electron chi connectivity index (χ1n) is 4.95. The van der Waals surface area contributed by atoms with Crippen LogP contribution >= 0.6 is 0 Å². The van der Waals surface area contributed by atoms with Crippen molar-refractivity contribution in [2.24, 2.45) is 0 Å². The van der Waals surface area contributed by atoms with Crippen molar-refractivity contribution in [2.45, 2.75) is 6.54 Å². The average Bonchev–Trinajstić information content (AvgIpc) is 2.82. The molecule has 0 saturated carbocycles. The first-order chi connectivity index (χ1) is 8.20. The quantitative estimate of drug-likeness (QED) is 0.853. The maximum atomic E-state index is 10.8. The number of hydrogen-bond acceptors (Lipinski definition) is 4. The van der Waals surface area contributed by atoms with Gasteiger partial charge in [-0.25, -0.2) is 9.78 Å². The molecule has 2 aromatic heterocycles. The van der Waals surface area contributed by atoms with Crippen molar-refractivity contribution >= 4 is 5.97 Å². The molecule has 6 nitrogen and oxygen atoms in total. The Hall–Kier alpha value is -2.37. The van der Waals surface area contributed by atoms with Gasteiger partial charge >= 0.3 is 5.97 Å². The fourth-order valence-electron chi connectivity index (χ4n) is 1.45. The Morgan fingerprint density at radius 1 is 1.53 bits per heavy atom. The van der Waals surface area contributed by atoms with Gasteiger partial charge in [0.15, 0.2) is 5.69 Å². The molecule has 1 N–H and O–H groups in total. The Morgan fingerprint density at radius 2 is 2.35 bits per heavy atom. The Balaban J connectivity index is 2.31. The first-order valence-corrected chi connectivity index (χ1v) is 4.95. The van der Waals surface area contributed by atoms with Crippen LogP contribution in [-0.2, 0) is 6.54 Å². The predicted octanol–water partition coefficient (Wildman–Crippen LogP) is 1.03. The molecule has 0 aromatic carbocycles. The number of methoxy groups -OCH3 is 1. The van der Waals surface area contributed by atoms with Crippen LogP contribution in [0.4, 0.5) is 0 Å². The summed E-state index contributed by atoms with van der Waals surface area (Å²) in [7, 11) is 1.46. The summed E-state index contributed by atoms with van der Waals surface area (Å²) in [6, 6.07) is 4.94. The van der Waals surface area contributed by atoms with E-state index < -0.39 is 5.97 Å². The molecule has 0 radical (unpaired) electrons. The molecule has 0 unspecified atom stereocenters. The van der Waals surface area contributed by atoms with Gasteiger partial charge in [0.05, 0.1) is 13.7 Å². The summed E-state index contributed by atoms with van der Waals surface area (Å²) in [5.41, 5.74) is 0.743. The van der Waals surface area contributed by atoms with E-state index >= 15 is 0 Å². The van der Waals surface area contributed by atoms with Crippen LogP contribution in [0.25, 0.3) is 0 Å². The minimum Gasteiger partial charge on any atom is -0.481 e. The van der Waals surface area contributed by atoms with E-state index in [1.807, 2.05) is 12.3 Å². The highest BCUT2D eigenvalue weighted by Crippen LogP contribution is 2.16. The highest BCUT2D eigenvalue weighted by molar-refractivity contribution is 5.85. The van der Waals surface area contributed by atoms with Crippen molar-refractivity contribution in [1.29, 1.82) is 0 Å². The second-order valence-electron chi connectivity index (χ2n) is 3.37. The van der Waals surface area contributed by atoms with E-state index in [1.165, 1.54) is 13.2 Å². The van der Waals surface area contributed by atoms with Gasteiger partial charge in [0.2, 0.25) is 5.88 Å². The van der Waals surface area contributed by atoms with Gasteiger partial charge in [-0.15, -0.1) is 0 Å². The van der Waals surface area contributed by atoms with Gasteiger partial charge in [-0.2, -0.15) is 5.10 Å². The predicted molar refractivity (Wildman–Crippen MR) is 59.1 cm³/mol. The molecule has 2 heterocycles. The molecule has 6 heteroatoms. The SMILES string of the molecule is COc1nc(C(=O)O)ccc1Cn1cccn1. The van der Waals surface area contributed by atoms with Gasteiger partial charge in [-0.05, 0) is 18.2 Å². The van der Waals surface area contributed by atoms with Gasteiger partial charge in [0.25, 0.3) is 0 Å². The largest absolute Gasteiger partial charge is 0.481 e. The number of aromatic carboxylic acids is 1. The number of hydrogen-bond donors (Lipinski definition) is 1. The van der Waals surface area contributed by atoms with Gasteiger partial charge in [-0.3, -0.25) is 4.68 Å². The number of aromatic nitrogens is 3. The number of carbonyl (C=O) groups is 1. The zero-order chi connectivity index (χ0) is 12.3. The van der Waals surface area contributed by atoms with Gasteiger partial charge in [0.1, 0.15) is 0 Å². The molecule has 0 aliphatic rings. The normalized spacial score (nSPS) is 10.2. The Bertz CT molecular complexity index is 523. The van der Waals surface area contributed by atoms with E-state index in [9.17, 15) is 4.79 Å². The molecule has 0 saturated heterocycles. The summed E-state index contributed by atoms with van der Waals surface area (Å²) >= 11 is 0. The van der Waals surface area contributed by atoms with Crippen molar-refractivity contribution in [3.05, 3.63) is 41.9 Å². The number of nitrogens with zero attached hydrogens (tertiary/aromatic N) is 3. The summed E-state index contributed by atoms with van der Waals surface area (Å²) in [6.07, 6.45) is 3.48. The second kappa shape index (κ2) is 4.65. The maximum Gasteiger partial charge on any atom is 0.354 e. The second-order valence-corrected chi connectivity index (χ2v) is 3.37. The number of rotatable bonds is 4. The smallest absolute Gasteiger partial charge is 0.354 e. The molecular weight excluding hydrogens is 222 g/mol. The molecular formula is C11H11N3O3. The van der Waals surface area contributed by atoms with E-state index in [0.717, 1.165) is 5.56 Å². The third-order valence-electron chi connectivity index (χ3n) is 2.24. The molecule has 0 amide bonds. The van der Waals surface area contributed by atoms with E-state index in [0.29, 0.717) is 12.4 Å². The Kier molecular flexibility index (Phi) is 3.04. The molecule has 0 spiro atoms. The number of carboxylic acid groups (broad SMARTS) is 1. The third kappa shape index (κ3) is 2.41. The molecule has 2 aromatic rings. The summed E-state index contributed by atoms with van der Waals surface area (Å²) in [4.78, 5) is 14.7. The fourth-order valence-corrected chi connectivity index (χ4v) is 1.45. The lowest BCUT2D eigenvalue weighted by Gasteiger charge is -2.08. The lowest BCUT2D eigenvalue weighted by atomic mass is 10.2. The van der Waals surface area contributed by atoms with Crippen molar-refractivity contribution in [3.8, 4) is 5.88 Å². The minimum absolute atomic E-state index is 0.0361. The minimum atomic E-state index is -1.08. The van der Waals surface area contributed by atoms with Gasteiger partial charge in [-0.1, -0.05) is 0 Å². The highest BCUT2D eigenvalue weighted by Gasteiger charge is 2.11. The zero-order valence-electron chi connectivity index (χ0n) is 9.20. The monoisotopic (exact) mass is 233 g/mol. The van der Waals surface area contributed by atoms with Crippen LogP contribution in [0.1, 0.15) is 16.1 Å². The van der Waals surface area contributed by atoms with Gasteiger partial charge < -0.3 is 9.84 Å². The average molecular weight is 233 g/mol. The number of ether oxygens (including phenoxy) is 1. The van der Waals surface area contributed by atoms with Crippen LogP contribution < -0.4 is 4.74 Å². The Morgan fingerprint density at radius 3 is 2.94 bits per heavy atom. The summed E-state index contributed by atoms with van der Waals surface area (Å²) in [6.45, 7) is 0.489. The molecule has 0 aliphatic carbocycles. The first kappa shape index (κ1) is 11.1. The molecule has 0 fully saturated rings. The van der Waals surface area contributed by atoms with Crippen molar-refractivity contribution in [2.75, 3.05) is 7.11 Å². The topological polar surface area (TPSA) is 77.2 Å². The molecule has 2 rings (SSSR count). The molecule has 0 atom stereocenters. The van der Waals surface area contributed by atoms with Crippen molar-refractivity contribution in [3.63, 3.8) is 0 Å². The standard InChI is InChI=1S/C11H11N3O3/c1-17-10-8(7-14-6-2-5-12-14)3-4-9(13-10)11(15)16/h2-6H,7H2,1H3,(H,15,16). The van der Waals surface area contributed by atoms with Gasteiger partial charge in [0, 0.05) is 18.0 Å². The van der Waals surface area contributed by atoms with Crippen LogP contribution in [0, 0.1) is 0 Å². The van der Waals surface area contributed by atoms with Crippen LogP contribution in [0.15, 0.2) is 30.6 Å². The van der Waals surface area contributed by atoms with E-state index in [2.05, 4.69) is 10.1 Å². The van der Waals surface area contributed by atoms with Crippen LogP contribution in [0.3, 0.4) is 0 Å². The van der Waals surface area contributed by atoms with E-state index in [-0.39, 0.29) is 5.69 Å². The molecule has 0 aliphatic heterocycles. The van der Waals surface area contributed by atoms with Crippen LogP contribution in [0.5, 0.6) is 5.88 Å². The van der Waals surface area contributed by atoms with E-state index in [1.54, 1.807) is 16.9 Å². The zero-order valence-corrected chi connectivity index (χ0v) is 9.20. The van der Waals surface area contributed by atoms with Crippen LogP contribution in [-0.4, -0.2) is 33.0 Å². The van der Waals surface area contributed by atoms with Crippen LogP contribution in [0.2, 0.25) is 0 Å². The molecule has 0 bridgehead atoms. The highest BCUT2D eigenvalue weighted by atomic mass is 16.5. The lowest BCUT2D eigenvalue weighted by Crippen LogP contribution is -2.07. The summed E-state index contributed by atoms with van der Waals surface area (Å²) in [5, 5.41) is 12.9. The fraction of sp³-hybridized carbons (Fsp3) is 0.182. The molecule has 88 valence electrons. The molecule has 17 heavy (non-hydrogen) atoms. The number of carboxylic acids is 1. The lowest BCUT2D eigenvalue weighted by molar-refractivity contribution is 0.0689. The summed E-state index contributed by atoms with van der Waals surface area (Å²) < 4.78 is 6.78. The maximum absolute atomic E-state index is 10.8.